The monoisotopic (exact) mass is 200 g/mol. The van der Waals surface area contributed by atoms with Gasteiger partial charge in [0.2, 0.25) is 0 Å². The third-order valence-electron chi connectivity index (χ3n) is 1.74. The van der Waals surface area contributed by atoms with E-state index in [4.69, 9.17) is 5.73 Å². The quantitative estimate of drug-likeness (QED) is 0.812. The van der Waals surface area contributed by atoms with Crippen LogP contribution in [0, 0.1) is 5.92 Å². The van der Waals surface area contributed by atoms with Crippen LogP contribution >= 0.6 is 12.4 Å². The molecule has 1 aromatic rings. The summed E-state index contributed by atoms with van der Waals surface area (Å²) in [7, 11) is 0. The van der Waals surface area contributed by atoms with Crippen LogP contribution in [0.3, 0.4) is 0 Å². The van der Waals surface area contributed by atoms with Crippen molar-refractivity contribution in [1.29, 1.82) is 0 Å². The van der Waals surface area contributed by atoms with Crippen LogP contribution in [0.5, 0.6) is 0 Å². The van der Waals surface area contributed by atoms with E-state index in [1.165, 1.54) is 5.56 Å². The maximum atomic E-state index is 5.44. The lowest BCUT2D eigenvalue weighted by Crippen LogP contribution is -2.01. The zero-order valence-corrected chi connectivity index (χ0v) is 8.97. The fourth-order valence-corrected chi connectivity index (χ4v) is 1.17. The van der Waals surface area contributed by atoms with E-state index in [9.17, 15) is 0 Å². The molecule has 1 heterocycles. The van der Waals surface area contributed by atoms with Crippen LogP contribution in [0.25, 0.3) is 0 Å². The Morgan fingerprint density at radius 3 is 2.46 bits per heavy atom. The Hall–Kier alpha value is -0.600. The van der Waals surface area contributed by atoms with Gasteiger partial charge in [-0.15, -0.1) is 12.4 Å². The molecule has 0 aliphatic rings. The van der Waals surface area contributed by atoms with E-state index in [0.717, 1.165) is 12.1 Å². The van der Waals surface area contributed by atoms with Gasteiger partial charge in [-0.3, -0.25) is 4.98 Å². The molecule has 0 spiro atoms. The number of rotatable bonds is 3. The summed E-state index contributed by atoms with van der Waals surface area (Å²) >= 11 is 0. The van der Waals surface area contributed by atoms with E-state index in [2.05, 4.69) is 24.9 Å². The SMILES string of the molecule is CC(C)Cc1ccc(CN)nc1.Cl. The molecule has 1 rings (SSSR count). The predicted molar refractivity (Wildman–Crippen MR) is 57.9 cm³/mol. The van der Waals surface area contributed by atoms with Gasteiger partial charge in [0, 0.05) is 12.7 Å². The van der Waals surface area contributed by atoms with Gasteiger partial charge in [-0.05, 0) is 24.0 Å². The highest BCUT2D eigenvalue weighted by molar-refractivity contribution is 5.85. The van der Waals surface area contributed by atoms with Crippen molar-refractivity contribution in [3.63, 3.8) is 0 Å². The summed E-state index contributed by atoms with van der Waals surface area (Å²) in [6.07, 6.45) is 3.01. The number of nitrogens with two attached hydrogens (primary N) is 1. The second-order valence-electron chi connectivity index (χ2n) is 3.46. The molecule has 0 bridgehead atoms. The molecule has 0 amide bonds. The zero-order valence-electron chi connectivity index (χ0n) is 8.16. The Labute approximate surface area is 86.0 Å². The van der Waals surface area contributed by atoms with Crippen molar-refractivity contribution in [3.8, 4) is 0 Å². The van der Waals surface area contributed by atoms with Crippen LogP contribution in [0.1, 0.15) is 25.1 Å². The molecular formula is C10H17ClN2. The molecule has 0 atom stereocenters. The fourth-order valence-electron chi connectivity index (χ4n) is 1.17. The highest BCUT2D eigenvalue weighted by Crippen LogP contribution is 2.06. The number of aromatic nitrogens is 1. The normalized spacial score (nSPS) is 9.85. The van der Waals surface area contributed by atoms with E-state index in [0.29, 0.717) is 12.5 Å². The van der Waals surface area contributed by atoms with Crippen LogP contribution in [-0.2, 0) is 13.0 Å². The summed E-state index contributed by atoms with van der Waals surface area (Å²) in [6, 6.07) is 4.10. The average molecular weight is 201 g/mol. The molecule has 13 heavy (non-hydrogen) atoms. The van der Waals surface area contributed by atoms with Crippen molar-refractivity contribution in [1.82, 2.24) is 4.98 Å². The van der Waals surface area contributed by atoms with E-state index >= 15 is 0 Å². The lowest BCUT2D eigenvalue weighted by atomic mass is 10.0. The first-order valence-corrected chi connectivity index (χ1v) is 4.36. The summed E-state index contributed by atoms with van der Waals surface area (Å²) in [5.74, 6) is 0.690. The number of halogens is 1. The van der Waals surface area contributed by atoms with Crippen molar-refractivity contribution in [2.75, 3.05) is 0 Å². The minimum Gasteiger partial charge on any atom is -0.325 e. The number of hydrogen-bond acceptors (Lipinski definition) is 2. The maximum absolute atomic E-state index is 5.44. The number of hydrogen-bond donors (Lipinski definition) is 1. The van der Waals surface area contributed by atoms with Crippen LogP contribution in [-0.4, -0.2) is 4.98 Å². The molecule has 0 aromatic carbocycles. The number of nitrogens with zero attached hydrogens (tertiary/aromatic N) is 1. The second kappa shape index (κ2) is 5.95. The van der Waals surface area contributed by atoms with Crippen molar-refractivity contribution >= 4 is 12.4 Å². The van der Waals surface area contributed by atoms with Gasteiger partial charge in [-0.2, -0.15) is 0 Å². The first-order valence-electron chi connectivity index (χ1n) is 4.36. The topological polar surface area (TPSA) is 38.9 Å². The lowest BCUT2D eigenvalue weighted by Gasteiger charge is -2.04. The van der Waals surface area contributed by atoms with Crippen molar-refractivity contribution in [3.05, 3.63) is 29.6 Å². The predicted octanol–water partition coefficient (Wildman–Crippen LogP) is 2.16. The summed E-state index contributed by atoms with van der Waals surface area (Å²) in [4.78, 5) is 4.23. The Bertz CT molecular complexity index is 231. The summed E-state index contributed by atoms with van der Waals surface area (Å²) in [5.41, 5.74) is 7.69. The summed E-state index contributed by atoms with van der Waals surface area (Å²) < 4.78 is 0. The van der Waals surface area contributed by atoms with Crippen LogP contribution < -0.4 is 5.73 Å². The molecule has 0 unspecified atom stereocenters. The minimum absolute atomic E-state index is 0. The molecule has 0 fully saturated rings. The van der Waals surface area contributed by atoms with E-state index in [-0.39, 0.29) is 12.4 Å². The molecule has 0 radical (unpaired) electrons. The molecule has 3 heteroatoms. The van der Waals surface area contributed by atoms with Crippen molar-refractivity contribution in [2.24, 2.45) is 11.7 Å². The van der Waals surface area contributed by atoms with Crippen LogP contribution in [0.2, 0.25) is 0 Å². The lowest BCUT2D eigenvalue weighted by molar-refractivity contribution is 0.645. The molecule has 0 saturated heterocycles. The van der Waals surface area contributed by atoms with E-state index in [1.54, 1.807) is 0 Å². The fraction of sp³-hybridized carbons (Fsp3) is 0.500. The van der Waals surface area contributed by atoms with Gasteiger partial charge in [0.1, 0.15) is 0 Å². The van der Waals surface area contributed by atoms with Gasteiger partial charge in [0.25, 0.3) is 0 Å². The van der Waals surface area contributed by atoms with Gasteiger partial charge in [0.05, 0.1) is 5.69 Å². The average Bonchev–Trinajstić information content (AvgIpc) is 2.05. The van der Waals surface area contributed by atoms with Gasteiger partial charge < -0.3 is 5.73 Å². The molecule has 0 aliphatic heterocycles. The maximum Gasteiger partial charge on any atom is 0.0539 e. The van der Waals surface area contributed by atoms with Gasteiger partial charge in [-0.1, -0.05) is 19.9 Å². The third-order valence-corrected chi connectivity index (χ3v) is 1.74. The summed E-state index contributed by atoms with van der Waals surface area (Å²) in [5, 5.41) is 0. The largest absolute Gasteiger partial charge is 0.325 e. The molecule has 0 aliphatic carbocycles. The standard InChI is InChI=1S/C10H16N2.ClH/c1-8(2)5-9-3-4-10(6-11)12-7-9;/h3-4,7-8H,5-6,11H2,1-2H3;1H. The Balaban J connectivity index is 0.00000144. The Kier molecular flexibility index (Phi) is 5.67. The third kappa shape index (κ3) is 4.25. The minimum atomic E-state index is 0. The van der Waals surface area contributed by atoms with Gasteiger partial charge in [0.15, 0.2) is 0 Å². The van der Waals surface area contributed by atoms with Crippen molar-refractivity contribution < 1.29 is 0 Å². The first kappa shape index (κ1) is 12.4. The molecule has 74 valence electrons. The summed E-state index contributed by atoms with van der Waals surface area (Å²) in [6.45, 7) is 4.94. The molecule has 0 saturated carbocycles. The molecule has 2 N–H and O–H groups in total. The zero-order chi connectivity index (χ0) is 8.97. The second-order valence-corrected chi connectivity index (χ2v) is 3.46. The Morgan fingerprint density at radius 1 is 1.38 bits per heavy atom. The Morgan fingerprint density at radius 2 is 2.08 bits per heavy atom. The molecule has 1 aromatic heterocycles. The van der Waals surface area contributed by atoms with E-state index in [1.807, 2.05) is 12.3 Å². The van der Waals surface area contributed by atoms with Crippen molar-refractivity contribution in [2.45, 2.75) is 26.8 Å². The highest BCUT2D eigenvalue weighted by Gasteiger charge is 1.97. The first-order chi connectivity index (χ1) is 5.72. The van der Waals surface area contributed by atoms with E-state index < -0.39 is 0 Å². The van der Waals surface area contributed by atoms with Gasteiger partial charge in [-0.25, -0.2) is 0 Å². The van der Waals surface area contributed by atoms with Crippen LogP contribution in [0.15, 0.2) is 18.3 Å². The van der Waals surface area contributed by atoms with Crippen LogP contribution in [0.4, 0.5) is 0 Å². The molecule has 2 nitrogen and oxygen atoms in total. The molecular weight excluding hydrogens is 184 g/mol. The highest BCUT2D eigenvalue weighted by atomic mass is 35.5. The van der Waals surface area contributed by atoms with Gasteiger partial charge >= 0.3 is 0 Å². The number of pyridine rings is 1. The smallest absolute Gasteiger partial charge is 0.0539 e.